The number of pyridine rings is 1. The van der Waals surface area contributed by atoms with Crippen molar-refractivity contribution < 1.29 is 0 Å². The lowest BCUT2D eigenvalue weighted by Crippen LogP contribution is -2.28. The van der Waals surface area contributed by atoms with Gasteiger partial charge in [-0.05, 0) is 36.2 Å². The molecule has 0 radical (unpaired) electrons. The van der Waals surface area contributed by atoms with Gasteiger partial charge in [-0.3, -0.25) is 4.98 Å². The molecule has 0 saturated carbocycles. The molecule has 0 aliphatic rings. The van der Waals surface area contributed by atoms with E-state index >= 15 is 0 Å². The van der Waals surface area contributed by atoms with Gasteiger partial charge in [0.25, 0.3) is 0 Å². The maximum atomic E-state index is 6.32. The second-order valence-corrected chi connectivity index (χ2v) is 5.66. The van der Waals surface area contributed by atoms with Gasteiger partial charge in [-0.1, -0.05) is 43.7 Å². The maximum absolute atomic E-state index is 6.32. The Morgan fingerprint density at radius 3 is 2.52 bits per heavy atom. The van der Waals surface area contributed by atoms with Crippen LogP contribution in [0.25, 0.3) is 0 Å². The Balaban J connectivity index is 1.89. The molecule has 0 aliphatic heterocycles. The molecule has 112 valence electrons. The number of rotatable bonds is 7. The van der Waals surface area contributed by atoms with Crippen molar-refractivity contribution in [2.45, 2.75) is 32.4 Å². The summed E-state index contributed by atoms with van der Waals surface area (Å²) in [4.78, 5) is 6.38. The molecule has 0 aliphatic carbocycles. The Morgan fingerprint density at radius 2 is 1.90 bits per heavy atom. The predicted molar refractivity (Wildman–Crippen MR) is 87.9 cm³/mol. The zero-order chi connectivity index (χ0) is 15.1. The first-order valence-corrected chi connectivity index (χ1v) is 7.61. The minimum Gasteiger partial charge on any atom is -0.323 e. The SMILES string of the molecule is CCCc1ccc(C(N)CN(C)Cc2cccnc2)cc1. The summed E-state index contributed by atoms with van der Waals surface area (Å²) in [6.07, 6.45) is 6.02. The lowest BCUT2D eigenvalue weighted by molar-refractivity contribution is 0.305. The second kappa shape index (κ2) is 7.91. The molecular formula is C18H25N3. The molecule has 1 aromatic carbocycles. The molecule has 21 heavy (non-hydrogen) atoms. The smallest absolute Gasteiger partial charge is 0.0424 e. The highest BCUT2D eigenvalue weighted by molar-refractivity contribution is 5.25. The Bertz CT molecular complexity index is 522. The van der Waals surface area contributed by atoms with Crippen LogP contribution in [0.4, 0.5) is 0 Å². The fourth-order valence-corrected chi connectivity index (χ4v) is 2.53. The fourth-order valence-electron chi connectivity index (χ4n) is 2.53. The van der Waals surface area contributed by atoms with Crippen LogP contribution in [0.15, 0.2) is 48.8 Å². The van der Waals surface area contributed by atoms with Crippen LogP contribution in [-0.2, 0) is 13.0 Å². The number of aryl methyl sites for hydroxylation is 1. The normalized spacial score (nSPS) is 12.6. The number of aromatic nitrogens is 1. The maximum Gasteiger partial charge on any atom is 0.0424 e. The van der Waals surface area contributed by atoms with Gasteiger partial charge < -0.3 is 10.6 Å². The lowest BCUT2D eigenvalue weighted by Gasteiger charge is -2.21. The molecule has 1 atom stereocenters. The number of nitrogens with two attached hydrogens (primary N) is 1. The topological polar surface area (TPSA) is 42.1 Å². The Morgan fingerprint density at radius 1 is 1.14 bits per heavy atom. The van der Waals surface area contributed by atoms with E-state index in [4.69, 9.17) is 5.73 Å². The number of hydrogen-bond donors (Lipinski definition) is 1. The molecule has 2 N–H and O–H groups in total. The van der Waals surface area contributed by atoms with Crippen molar-refractivity contribution in [3.63, 3.8) is 0 Å². The van der Waals surface area contributed by atoms with Crippen molar-refractivity contribution in [3.05, 3.63) is 65.5 Å². The second-order valence-electron chi connectivity index (χ2n) is 5.66. The molecule has 0 spiro atoms. The molecule has 1 unspecified atom stereocenters. The average Bonchev–Trinajstić information content (AvgIpc) is 2.49. The summed E-state index contributed by atoms with van der Waals surface area (Å²) in [5.74, 6) is 0. The molecule has 1 aromatic heterocycles. The van der Waals surface area contributed by atoms with Crippen LogP contribution in [0.1, 0.15) is 36.1 Å². The first-order chi connectivity index (χ1) is 10.2. The van der Waals surface area contributed by atoms with E-state index in [1.807, 2.05) is 12.3 Å². The molecule has 2 aromatic rings. The third-order valence-corrected chi connectivity index (χ3v) is 3.63. The molecule has 0 bridgehead atoms. The molecule has 0 fully saturated rings. The fraction of sp³-hybridized carbons (Fsp3) is 0.389. The quantitative estimate of drug-likeness (QED) is 0.848. The molecular weight excluding hydrogens is 258 g/mol. The van der Waals surface area contributed by atoms with Crippen molar-refractivity contribution in [2.75, 3.05) is 13.6 Å². The van der Waals surface area contributed by atoms with E-state index in [0.29, 0.717) is 0 Å². The van der Waals surface area contributed by atoms with Gasteiger partial charge in [0.2, 0.25) is 0 Å². The standard InChI is InChI=1S/C18H25N3/c1-3-5-15-7-9-17(10-8-15)18(19)14-21(2)13-16-6-4-11-20-12-16/h4,6-12,18H,3,5,13-14,19H2,1-2H3. The van der Waals surface area contributed by atoms with Gasteiger partial charge >= 0.3 is 0 Å². The number of benzene rings is 1. The minimum atomic E-state index is 0.0438. The van der Waals surface area contributed by atoms with Crippen molar-refractivity contribution in [3.8, 4) is 0 Å². The molecule has 3 nitrogen and oxygen atoms in total. The summed E-state index contributed by atoms with van der Waals surface area (Å²) in [5, 5.41) is 0. The highest BCUT2D eigenvalue weighted by Gasteiger charge is 2.09. The third-order valence-electron chi connectivity index (χ3n) is 3.63. The largest absolute Gasteiger partial charge is 0.323 e. The Hall–Kier alpha value is -1.71. The van der Waals surface area contributed by atoms with E-state index < -0.39 is 0 Å². The summed E-state index contributed by atoms with van der Waals surface area (Å²) in [6, 6.07) is 12.8. The van der Waals surface area contributed by atoms with Crippen LogP contribution in [0.5, 0.6) is 0 Å². The van der Waals surface area contributed by atoms with Crippen LogP contribution < -0.4 is 5.73 Å². The van der Waals surface area contributed by atoms with E-state index in [2.05, 4.69) is 54.2 Å². The number of hydrogen-bond acceptors (Lipinski definition) is 3. The predicted octanol–water partition coefficient (Wildman–Crippen LogP) is 3.17. The summed E-state index contributed by atoms with van der Waals surface area (Å²) >= 11 is 0. The van der Waals surface area contributed by atoms with Gasteiger partial charge in [0, 0.05) is 31.5 Å². The Labute approximate surface area is 127 Å². The first-order valence-electron chi connectivity index (χ1n) is 7.61. The molecule has 0 saturated heterocycles. The van der Waals surface area contributed by atoms with Crippen LogP contribution in [0.2, 0.25) is 0 Å². The summed E-state index contributed by atoms with van der Waals surface area (Å²) in [6.45, 7) is 3.91. The molecule has 1 heterocycles. The van der Waals surface area contributed by atoms with Crippen LogP contribution in [-0.4, -0.2) is 23.5 Å². The van der Waals surface area contributed by atoms with Crippen LogP contribution in [0.3, 0.4) is 0 Å². The monoisotopic (exact) mass is 283 g/mol. The zero-order valence-corrected chi connectivity index (χ0v) is 13.0. The van der Waals surface area contributed by atoms with Crippen molar-refractivity contribution >= 4 is 0 Å². The minimum absolute atomic E-state index is 0.0438. The van der Waals surface area contributed by atoms with E-state index in [0.717, 1.165) is 19.5 Å². The van der Waals surface area contributed by atoms with Crippen LogP contribution in [0, 0.1) is 0 Å². The van der Waals surface area contributed by atoms with E-state index in [1.54, 1.807) is 6.20 Å². The van der Waals surface area contributed by atoms with Crippen molar-refractivity contribution in [1.82, 2.24) is 9.88 Å². The molecule has 0 amide bonds. The van der Waals surface area contributed by atoms with E-state index in [1.165, 1.54) is 23.1 Å². The first kappa shape index (κ1) is 15.7. The molecule has 2 rings (SSSR count). The van der Waals surface area contributed by atoms with Gasteiger partial charge in [0.1, 0.15) is 0 Å². The summed E-state index contributed by atoms with van der Waals surface area (Å²) in [7, 11) is 2.10. The van der Waals surface area contributed by atoms with Gasteiger partial charge in [0.15, 0.2) is 0 Å². The van der Waals surface area contributed by atoms with Gasteiger partial charge in [-0.2, -0.15) is 0 Å². The Kier molecular flexibility index (Phi) is 5.90. The average molecular weight is 283 g/mol. The summed E-state index contributed by atoms with van der Waals surface area (Å²) < 4.78 is 0. The zero-order valence-electron chi connectivity index (χ0n) is 13.0. The van der Waals surface area contributed by atoms with E-state index in [-0.39, 0.29) is 6.04 Å². The summed E-state index contributed by atoms with van der Waals surface area (Å²) in [5.41, 5.74) is 10.1. The highest BCUT2D eigenvalue weighted by atomic mass is 15.1. The lowest BCUT2D eigenvalue weighted by atomic mass is 10.0. The van der Waals surface area contributed by atoms with Gasteiger partial charge in [-0.25, -0.2) is 0 Å². The molecule has 3 heteroatoms. The van der Waals surface area contributed by atoms with E-state index in [9.17, 15) is 0 Å². The number of nitrogens with zero attached hydrogens (tertiary/aromatic N) is 2. The van der Waals surface area contributed by atoms with Crippen LogP contribution >= 0.6 is 0 Å². The van der Waals surface area contributed by atoms with Gasteiger partial charge in [0.05, 0.1) is 0 Å². The van der Waals surface area contributed by atoms with Crippen molar-refractivity contribution in [1.29, 1.82) is 0 Å². The third kappa shape index (κ3) is 4.96. The van der Waals surface area contributed by atoms with Gasteiger partial charge in [-0.15, -0.1) is 0 Å². The number of likely N-dealkylation sites (N-methyl/N-ethyl adjacent to an activating group) is 1. The highest BCUT2D eigenvalue weighted by Crippen LogP contribution is 2.14. The van der Waals surface area contributed by atoms with Crippen molar-refractivity contribution in [2.24, 2.45) is 5.73 Å².